The van der Waals surface area contributed by atoms with Gasteiger partial charge >= 0.3 is 6.03 Å². The predicted molar refractivity (Wildman–Crippen MR) is 122 cm³/mol. The van der Waals surface area contributed by atoms with Crippen LogP contribution in [0, 0.1) is 18.2 Å². The number of nitrogens with one attached hydrogen (secondary N) is 2. The minimum Gasteiger partial charge on any atom is -0.376 e. The molecule has 0 spiro atoms. The summed E-state index contributed by atoms with van der Waals surface area (Å²) in [5, 5.41) is 5.74. The molecule has 1 heterocycles. The highest BCUT2D eigenvalue weighted by atomic mass is 19.1. The second-order valence-electron chi connectivity index (χ2n) is 7.83. The van der Waals surface area contributed by atoms with Crippen molar-refractivity contribution >= 4 is 17.6 Å². The number of urea groups is 1. The van der Waals surface area contributed by atoms with E-state index < -0.39 is 5.82 Å². The third kappa shape index (κ3) is 6.56. The molecule has 0 aromatic heterocycles. The van der Waals surface area contributed by atoms with E-state index in [9.17, 15) is 14.0 Å². The van der Waals surface area contributed by atoms with Gasteiger partial charge in [0.1, 0.15) is 5.82 Å². The van der Waals surface area contributed by atoms with Crippen molar-refractivity contribution in [1.29, 1.82) is 0 Å². The lowest BCUT2D eigenvalue weighted by Gasteiger charge is -2.26. The fraction of sp³-hybridized carbons (Fsp3) is 0.360. The molecule has 3 rings (SSSR count). The summed E-state index contributed by atoms with van der Waals surface area (Å²) < 4.78 is 19.4. The summed E-state index contributed by atoms with van der Waals surface area (Å²) in [6.07, 6.45) is 7.29. The molecule has 2 N–H and O–H groups in total. The van der Waals surface area contributed by atoms with Crippen LogP contribution in [-0.2, 0) is 16.0 Å². The average molecular weight is 438 g/mol. The monoisotopic (exact) mass is 437 g/mol. The van der Waals surface area contributed by atoms with Gasteiger partial charge in [-0.1, -0.05) is 36.3 Å². The van der Waals surface area contributed by atoms with E-state index in [1.165, 1.54) is 6.07 Å². The van der Waals surface area contributed by atoms with E-state index in [0.29, 0.717) is 24.4 Å². The highest BCUT2D eigenvalue weighted by Gasteiger charge is 2.23. The molecule has 7 heteroatoms. The van der Waals surface area contributed by atoms with E-state index in [0.717, 1.165) is 18.4 Å². The van der Waals surface area contributed by atoms with Gasteiger partial charge in [0.05, 0.1) is 25.1 Å². The summed E-state index contributed by atoms with van der Waals surface area (Å²) in [6.45, 7) is 3.22. The summed E-state index contributed by atoms with van der Waals surface area (Å²) in [4.78, 5) is 26.7. The average Bonchev–Trinajstić information content (AvgIpc) is 3.28. The van der Waals surface area contributed by atoms with Crippen molar-refractivity contribution in [3.63, 3.8) is 0 Å². The Morgan fingerprint density at radius 1 is 1.28 bits per heavy atom. The fourth-order valence-electron chi connectivity index (χ4n) is 3.63. The summed E-state index contributed by atoms with van der Waals surface area (Å²) in [5.41, 5.74) is 1.73. The summed E-state index contributed by atoms with van der Waals surface area (Å²) in [7, 11) is 0. The number of ether oxygens (including phenoxy) is 1. The first-order valence-electron chi connectivity index (χ1n) is 10.7. The molecule has 1 fully saturated rings. The standard InChI is InChI=1S/C25H28FN3O3/c1-3-13-29(17-22-11-7-14-32-22)25(31)27-18(2)19-9-6-10-21(15-19)28-24(30)16-20-8-4-5-12-23(20)26/h1,4-6,8-10,12,15,18,22H,7,11,13-14,16-17H2,2H3,(H,27,31)(H,28,30)/t18-,22-/m1/s1. The molecule has 0 aliphatic carbocycles. The molecule has 0 radical (unpaired) electrons. The van der Waals surface area contributed by atoms with Gasteiger partial charge in [-0.3, -0.25) is 4.79 Å². The number of nitrogens with zero attached hydrogens (tertiary/aromatic N) is 1. The predicted octanol–water partition coefficient (Wildman–Crippen LogP) is 3.89. The largest absolute Gasteiger partial charge is 0.376 e. The normalized spacial score (nSPS) is 16.1. The van der Waals surface area contributed by atoms with Gasteiger partial charge < -0.3 is 20.3 Å². The zero-order chi connectivity index (χ0) is 22.9. The Bertz CT molecular complexity index is 982. The van der Waals surface area contributed by atoms with Crippen molar-refractivity contribution < 1.29 is 18.7 Å². The highest BCUT2D eigenvalue weighted by Crippen LogP contribution is 2.19. The number of carbonyl (C=O) groups is 2. The van der Waals surface area contributed by atoms with Gasteiger partial charge in [0.2, 0.25) is 5.91 Å². The van der Waals surface area contributed by atoms with Crippen LogP contribution in [0.2, 0.25) is 0 Å². The number of benzene rings is 2. The van der Waals surface area contributed by atoms with E-state index in [-0.39, 0.29) is 37.0 Å². The van der Waals surface area contributed by atoms with Crippen LogP contribution in [0.15, 0.2) is 48.5 Å². The first-order chi connectivity index (χ1) is 15.5. The maximum atomic E-state index is 13.8. The molecule has 32 heavy (non-hydrogen) atoms. The van der Waals surface area contributed by atoms with Crippen LogP contribution < -0.4 is 10.6 Å². The van der Waals surface area contributed by atoms with Crippen molar-refractivity contribution in [3.8, 4) is 12.3 Å². The third-order valence-corrected chi connectivity index (χ3v) is 5.34. The zero-order valence-corrected chi connectivity index (χ0v) is 18.1. The highest BCUT2D eigenvalue weighted by molar-refractivity contribution is 5.92. The molecule has 0 saturated carbocycles. The first-order valence-corrected chi connectivity index (χ1v) is 10.7. The second-order valence-corrected chi connectivity index (χ2v) is 7.83. The maximum absolute atomic E-state index is 13.8. The number of halogens is 1. The van der Waals surface area contributed by atoms with Gasteiger partial charge in [-0.05, 0) is 49.1 Å². The van der Waals surface area contributed by atoms with Crippen molar-refractivity contribution in [2.24, 2.45) is 0 Å². The fourth-order valence-corrected chi connectivity index (χ4v) is 3.63. The van der Waals surface area contributed by atoms with Crippen LogP contribution in [-0.4, -0.2) is 42.6 Å². The summed E-state index contributed by atoms with van der Waals surface area (Å²) >= 11 is 0. The van der Waals surface area contributed by atoms with Crippen LogP contribution in [0.1, 0.15) is 36.9 Å². The third-order valence-electron chi connectivity index (χ3n) is 5.34. The van der Waals surface area contributed by atoms with E-state index in [1.54, 1.807) is 41.3 Å². The Hall–Kier alpha value is -3.37. The van der Waals surface area contributed by atoms with Crippen LogP contribution >= 0.6 is 0 Å². The molecule has 0 unspecified atom stereocenters. The van der Waals surface area contributed by atoms with E-state index in [1.807, 2.05) is 13.0 Å². The minimum atomic E-state index is -0.410. The molecule has 1 saturated heterocycles. The molecular formula is C25H28FN3O3. The molecule has 3 amide bonds. The van der Waals surface area contributed by atoms with E-state index in [2.05, 4.69) is 16.6 Å². The zero-order valence-electron chi connectivity index (χ0n) is 18.1. The lowest BCUT2D eigenvalue weighted by Crippen LogP contribution is -2.44. The number of carbonyl (C=O) groups excluding carboxylic acids is 2. The Labute approximate surface area is 188 Å². The van der Waals surface area contributed by atoms with Gasteiger partial charge in [0.25, 0.3) is 0 Å². The molecule has 1 aliphatic rings. The first kappa shape index (κ1) is 23.3. The molecule has 6 nitrogen and oxygen atoms in total. The Kier molecular flexibility index (Phi) is 8.23. The topological polar surface area (TPSA) is 70.7 Å². The molecule has 1 aliphatic heterocycles. The lowest BCUT2D eigenvalue weighted by atomic mass is 10.1. The number of amides is 3. The number of hydrogen-bond acceptors (Lipinski definition) is 3. The minimum absolute atomic E-state index is 0.0115. The Balaban J connectivity index is 1.59. The number of terminal acetylenes is 1. The molecule has 0 bridgehead atoms. The van der Waals surface area contributed by atoms with Gasteiger partial charge in [-0.25, -0.2) is 9.18 Å². The maximum Gasteiger partial charge on any atom is 0.318 e. The van der Waals surface area contributed by atoms with Gasteiger partial charge in [-0.2, -0.15) is 0 Å². The molecule has 2 atom stereocenters. The van der Waals surface area contributed by atoms with Crippen LogP contribution in [0.25, 0.3) is 0 Å². The van der Waals surface area contributed by atoms with Gasteiger partial charge in [0, 0.05) is 18.8 Å². The van der Waals surface area contributed by atoms with Crippen molar-refractivity contribution in [2.45, 2.75) is 38.3 Å². The molecular weight excluding hydrogens is 409 g/mol. The number of anilines is 1. The number of rotatable bonds is 8. The molecule has 2 aromatic carbocycles. The van der Waals surface area contributed by atoms with Crippen molar-refractivity contribution in [1.82, 2.24) is 10.2 Å². The summed E-state index contributed by atoms with van der Waals surface area (Å²) in [5.74, 6) is 1.80. The Morgan fingerprint density at radius 3 is 2.81 bits per heavy atom. The second kappa shape index (κ2) is 11.3. The van der Waals surface area contributed by atoms with E-state index >= 15 is 0 Å². The number of hydrogen-bond donors (Lipinski definition) is 2. The lowest BCUT2D eigenvalue weighted by molar-refractivity contribution is -0.115. The van der Waals surface area contributed by atoms with Crippen molar-refractivity contribution in [2.75, 3.05) is 25.0 Å². The molecule has 2 aromatic rings. The SMILES string of the molecule is C#CCN(C[C@H]1CCCO1)C(=O)N[C@H](C)c1cccc(NC(=O)Cc2ccccc2F)c1. The van der Waals surface area contributed by atoms with Crippen LogP contribution in [0.3, 0.4) is 0 Å². The van der Waals surface area contributed by atoms with Gasteiger partial charge in [-0.15, -0.1) is 6.42 Å². The quantitative estimate of drug-likeness (QED) is 0.616. The Morgan fingerprint density at radius 2 is 2.09 bits per heavy atom. The smallest absolute Gasteiger partial charge is 0.318 e. The van der Waals surface area contributed by atoms with Crippen molar-refractivity contribution in [3.05, 3.63) is 65.5 Å². The van der Waals surface area contributed by atoms with Gasteiger partial charge in [0.15, 0.2) is 0 Å². The van der Waals surface area contributed by atoms with E-state index in [4.69, 9.17) is 11.2 Å². The summed E-state index contributed by atoms with van der Waals surface area (Å²) in [6, 6.07) is 12.8. The van der Waals surface area contributed by atoms with Crippen LogP contribution in [0.5, 0.6) is 0 Å². The van der Waals surface area contributed by atoms with Crippen LogP contribution in [0.4, 0.5) is 14.9 Å². The molecule has 168 valence electrons.